The number of rotatable bonds is 3. The van der Waals surface area contributed by atoms with E-state index in [0.717, 1.165) is 0 Å². The van der Waals surface area contributed by atoms with Crippen LogP contribution in [0, 0.1) is 20.2 Å². The van der Waals surface area contributed by atoms with E-state index in [4.69, 9.17) is 46.4 Å². The quantitative estimate of drug-likeness (QED) is 0.474. The van der Waals surface area contributed by atoms with Gasteiger partial charge < -0.3 is 0 Å². The van der Waals surface area contributed by atoms with Gasteiger partial charge in [-0.05, 0) is 11.6 Å². The highest BCUT2D eigenvalue weighted by atomic mass is 35.5. The Balaban J connectivity index is 3.94. The summed E-state index contributed by atoms with van der Waals surface area (Å²) >= 11 is 21.7. The van der Waals surface area contributed by atoms with Crippen LogP contribution >= 0.6 is 46.4 Å². The standard InChI is InChI=1S/C7Cl4N2O5/c8-2-1(7(11)14)3(9)6(13(17)18)4(10)5(2)12(15)16. The number of hydrogen-bond acceptors (Lipinski definition) is 5. The van der Waals surface area contributed by atoms with E-state index in [1.807, 2.05) is 0 Å². The third-order valence-electron chi connectivity index (χ3n) is 1.83. The Morgan fingerprint density at radius 2 is 1.22 bits per heavy atom. The summed E-state index contributed by atoms with van der Waals surface area (Å²) in [6.07, 6.45) is 0. The highest BCUT2D eigenvalue weighted by Gasteiger charge is 2.36. The zero-order valence-electron chi connectivity index (χ0n) is 7.95. The molecule has 0 spiro atoms. The molecular weight excluding hydrogens is 334 g/mol. The molecule has 0 atom stereocenters. The fourth-order valence-electron chi connectivity index (χ4n) is 1.13. The van der Waals surface area contributed by atoms with E-state index in [-0.39, 0.29) is 0 Å². The molecule has 0 N–H and O–H groups in total. The normalized spacial score (nSPS) is 10.2. The summed E-state index contributed by atoms with van der Waals surface area (Å²) in [7, 11) is 0. The third-order valence-corrected chi connectivity index (χ3v) is 3.12. The molecule has 1 aromatic rings. The number of carbonyl (C=O) groups excluding carboxylic acids is 1. The number of hydrogen-bond donors (Lipinski definition) is 0. The van der Waals surface area contributed by atoms with Crippen molar-refractivity contribution in [3.05, 3.63) is 40.9 Å². The van der Waals surface area contributed by atoms with Gasteiger partial charge in [-0.15, -0.1) is 0 Å². The lowest BCUT2D eigenvalue weighted by Crippen LogP contribution is -2.03. The van der Waals surface area contributed by atoms with Crippen LogP contribution in [0.15, 0.2) is 0 Å². The minimum absolute atomic E-state index is 0.734. The average Bonchev–Trinajstić information content (AvgIpc) is 2.14. The van der Waals surface area contributed by atoms with Gasteiger partial charge in [0.25, 0.3) is 5.24 Å². The topological polar surface area (TPSA) is 103 Å². The van der Waals surface area contributed by atoms with Gasteiger partial charge in [0, 0.05) is 0 Å². The van der Waals surface area contributed by atoms with Gasteiger partial charge in [0.1, 0.15) is 10.0 Å². The molecule has 0 saturated carbocycles. The van der Waals surface area contributed by atoms with Gasteiger partial charge in [0.05, 0.1) is 15.4 Å². The molecule has 0 unspecified atom stereocenters. The molecule has 0 aliphatic heterocycles. The predicted octanol–water partition coefficient (Wildman–Crippen LogP) is 3.84. The number of halogens is 4. The van der Waals surface area contributed by atoms with Crippen molar-refractivity contribution >= 4 is 63.0 Å². The van der Waals surface area contributed by atoms with Gasteiger partial charge in [-0.3, -0.25) is 25.0 Å². The summed E-state index contributed by atoms with van der Waals surface area (Å²) in [5.74, 6) is 0. The van der Waals surface area contributed by atoms with Crippen LogP contribution in [0.2, 0.25) is 15.1 Å². The number of carbonyl (C=O) groups is 1. The summed E-state index contributed by atoms with van der Waals surface area (Å²) in [5, 5.41) is 17.8. The fraction of sp³-hybridized carbons (Fsp3) is 0. The molecule has 0 saturated heterocycles. The predicted molar refractivity (Wildman–Crippen MR) is 65.0 cm³/mol. The molecule has 0 radical (unpaired) electrons. The summed E-state index contributed by atoms with van der Waals surface area (Å²) in [4.78, 5) is 30.4. The highest BCUT2D eigenvalue weighted by Crippen LogP contribution is 2.47. The molecule has 0 aliphatic rings. The Morgan fingerprint density at radius 1 is 0.889 bits per heavy atom. The summed E-state index contributed by atoms with van der Waals surface area (Å²) < 4.78 is 0. The van der Waals surface area contributed by atoms with Crippen molar-refractivity contribution in [1.29, 1.82) is 0 Å². The molecule has 7 nitrogen and oxygen atoms in total. The van der Waals surface area contributed by atoms with Crippen LogP contribution in [0.3, 0.4) is 0 Å². The van der Waals surface area contributed by atoms with Crippen LogP contribution in [-0.2, 0) is 0 Å². The first-order valence-corrected chi connectivity index (χ1v) is 5.40. The first-order valence-electron chi connectivity index (χ1n) is 3.89. The van der Waals surface area contributed by atoms with Crippen LogP contribution < -0.4 is 0 Å². The lowest BCUT2D eigenvalue weighted by Gasteiger charge is -2.06. The minimum atomic E-state index is -1.27. The monoisotopic (exact) mass is 332 g/mol. The zero-order valence-corrected chi connectivity index (χ0v) is 11.0. The second-order valence-corrected chi connectivity index (χ2v) is 4.28. The Hall–Kier alpha value is -1.15. The molecule has 11 heteroatoms. The minimum Gasteiger partial charge on any atom is -0.275 e. The lowest BCUT2D eigenvalue weighted by atomic mass is 10.2. The molecule has 96 valence electrons. The van der Waals surface area contributed by atoms with E-state index in [2.05, 4.69) is 0 Å². The Kier molecular flexibility index (Phi) is 4.33. The number of nitro groups is 2. The Bertz CT molecular complexity index is 486. The second-order valence-electron chi connectivity index (χ2n) is 2.80. The molecular formula is C7Cl4N2O5. The average molecular weight is 334 g/mol. The van der Waals surface area contributed by atoms with Gasteiger partial charge in [0.2, 0.25) is 0 Å². The summed E-state index contributed by atoms with van der Waals surface area (Å²) in [6.45, 7) is 0. The van der Waals surface area contributed by atoms with E-state index >= 15 is 0 Å². The highest BCUT2D eigenvalue weighted by molar-refractivity contribution is 6.70. The van der Waals surface area contributed by atoms with Crippen LogP contribution in [0.4, 0.5) is 11.4 Å². The smallest absolute Gasteiger partial charge is 0.275 e. The summed E-state index contributed by atoms with van der Waals surface area (Å²) in [5.41, 5.74) is -2.74. The third kappa shape index (κ3) is 2.35. The Morgan fingerprint density at radius 3 is 1.44 bits per heavy atom. The molecule has 0 amide bonds. The van der Waals surface area contributed by atoms with E-state index in [9.17, 15) is 25.0 Å². The van der Waals surface area contributed by atoms with Crippen LogP contribution in [-0.4, -0.2) is 15.1 Å². The Labute approximate surface area is 118 Å². The van der Waals surface area contributed by atoms with Crippen LogP contribution in [0.5, 0.6) is 0 Å². The van der Waals surface area contributed by atoms with Crippen molar-refractivity contribution in [2.75, 3.05) is 0 Å². The van der Waals surface area contributed by atoms with Crippen molar-refractivity contribution in [3.63, 3.8) is 0 Å². The molecule has 1 rings (SSSR count). The number of nitro benzene ring substituents is 2. The molecule has 0 fully saturated rings. The van der Waals surface area contributed by atoms with Gasteiger partial charge >= 0.3 is 11.4 Å². The van der Waals surface area contributed by atoms with Crippen molar-refractivity contribution < 1.29 is 14.6 Å². The molecule has 18 heavy (non-hydrogen) atoms. The fourth-order valence-corrected chi connectivity index (χ4v) is 2.58. The molecule has 0 bridgehead atoms. The van der Waals surface area contributed by atoms with Crippen molar-refractivity contribution in [2.24, 2.45) is 0 Å². The maximum Gasteiger partial charge on any atom is 0.314 e. The van der Waals surface area contributed by atoms with E-state index in [1.54, 1.807) is 0 Å². The van der Waals surface area contributed by atoms with E-state index < -0.39 is 47.1 Å². The molecule has 0 heterocycles. The van der Waals surface area contributed by atoms with E-state index in [1.165, 1.54) is 0 Å². The van der Waals surface area contributed by atoms with E-state index in [0.29, 0.717) is 0 Å². The van der Waals surface area contributed by atoms with Crippen LogP contribution in [0.25, 0.3) is 0 Å². The van der Waals surface area contributed by atoms with Crippen molar-refractivity contribution in [3.8, 4) is 0 Å². The largest absolute Gasteiger partial charge is 0.314 e. The first kappa shape index (κ1) is 14.9. The molecule has 0 aromatic heterocycles. The SMILES string of the molecule is O=C(Cl)c1c(Cl)c([N+](=O)[O-])c(Cl)c([N+](=O)[O-])c1Cl. The summed E-state index contributed by atoms with van der Waals surface area (Å²) in [6, 6.07) is 0. The van der Waals surface area contributed by atoms with Crippen LogP contribution in [0.1, 0.15) is 10.4 Å². The van der Waals surface area contributed by atoms with Gasteiger partial charge in [0.15, 0.2) is 5.02 Å². The van der Waals surface area contributed by atoms with Gasteiger partial charge in [-0.1, -0.05) is 34.8 Å². The van der Waals surface area contributed by atoms with Crippen molar-refractivity contribution in [1.82, 2.24) is 0 Å². The second kappa shape index (κ2) is 5.23. The lowest BCUT2D eigenvalue weighted by molar-refractivity contribution is -0.393. The van der Waals surface area contributed by atoms with Gasteiger partial charge in [-0.2, -0.15) is 0 Å². The molecule has 0 aliphatic carbocycles. The maximum absolute atomic E-state index is 11.1. The number of nitrogens with zero attached hydrogens (tertiary/aromatic N) is 2. The van der Waals surface area contributed by atoms with Gasteiger partial charge in [-0.25, -0.2) is 0 Å². The number of benzene rings is 1. The van der Waals surface area contributed by atoms with Crippen molar-refractivity contribution in [2.45, 2.75) is 0 Å². The first-order chi connectivity index (χ1) is 8.20. The maximum atomic E-state index is 11.1. The zero-order chi connectivity index (χ0) is 14.2. The molecule has 1 aromatic carbocycles.